The van der Waals surface area contributed by atoms with Gasteiger partial charge in [-0.2, -0.15) is 5.10 Å². The van der Waals surface area contributed by atoms with E-state index in [2.05, 4.69) is 31.1 Å². The van der Waals surface area contributed by atoms with Crippen molar-refractivity contribution in [1.29, 1.82) is 0 Å². The smallest absolute Gasteiger partial charge is 0.325 e. The van der Waals surface area contributed by atoms with E-state index in [0.717, 1.165) is 0 Å². The summed E-state index contributed by atoms with van der Waals surface area (Å²) in [6, 6.07) is 8.08. The third kappa shape index (κ3) is 3.52. The second kappa shape index (κ2) is 7.52. The predicted molar refractivity (Wildman–Crippen MR) is 94.9 cm³/mol. The molecule has 0 radical (unpaired) electrons. The number of nitrogens with one attached hydrogen (secondary N) is 1. The van der Waals surface area contributed by atoms with Gasteiger partial charge < -0.3 is 14.6 Å². The molecule has 1 aromatic carbocycles. The van der Waals surface area contributed by atoms with Crippen LogP contribution < -0.4 is 5.32 Å². The highest BCUT2D eigenvalue weighted by molar-refractivity contribution is 9.10. The number of methoxy groups -OCH3 is 1. The maximum Gasteiger partial charge on any atom is 0.325 e. The lowest BCUT2D eigenvalue weighted by atomic mass is 10.2. The van der Waals surface area contributed by atoms with Crippen LogP contribution in [0.15, 0.2) is 53.4 Å². The van der Waals surface area contributed by atoms with Crippen LogP contribution in [0, 0.1) is 5.82 Å². The summed E-state index contributed by atoms with van der Waals surface area (Å²) < 4.78 is 22.5. The first kappa shape index (κ1) is 17.9. The molecule has 0 aliphatic carbocycles. The van der Waals surface area contributed by atoms with Crippen LogP contribution in [0.4, 0.5) is 4.39 Å². The zero-order valence-corrected chi connectivity index (χ0v) is 15.2. The van der Waals surface area contributed by atoms with Crippen LogP contribution in [-0.2, 0) is 9.53 Å². The fourth-order valence-electron chi connectivity index (χ4n) is 2.38. The summed E-state index contributed by atoms with van der Waals surface area (Å²) in [5, 5.41) is 6.62. The average Bonchev–Trinajstić information content (AvgIpc) is 3.28. The highest BCUT2D eigenvalue weighted by Gasteiger charge is 2.21. The first-order valence-corrected chi connectivity index (χ1v) is 8.32. The second-order valence-electron chi connectivity index (χ2n) is 5.24. The molecule has 0 saturated heterocycles. The molecule has 2 heterocycles. The summed E-state index contributed by atoms with van der Waals surface area (Å²) in [6.45, 7) is -0.279. The molecule has 0 unspecified atom stereocenters. The number of rotatable bonds is 5. The molecule has 0 bridgehead atoms. The Morgan fingerprint density at radius 1 is 1.31 bits per heavy atom. The molecular weight excluding hydrogens is 407 g/mol. The van der Waals surface area contributed by atoms with Gasteiger partial charge in [-0.15, -0.1) is 0 Å². The van der Waals surface area contributed by atoms with E-state index in [0.29, 0.717) is 10.3 Å². The van der Waals surface area contributed by atoms with Crippen molar-refractivity contribution in [2.75, 3.05) is 13.7 Å². The summed E-state index contributed by atoms with van der Waals surface area (Å²) >= 11 is 3.21. The summed E-state index contributed by atoms with van der Waals surface area (Å²) in [6.07, 6.45) is 4.74. The normalized spacial score (nSPS) is 10.6. The van der Waals surface area contributed by atoms with Gasteiger partial charge in [-0.05, 0) is 30.3 Å². The quantitative estimate of drug-likeness (QED) is 0.643. The Morgan fingerprint density at radius 2 is 2.04 bits per heavy atom. The summed E-state index contributed by atoms with van der Waals surface area (Å²) in [7, 11) is 1.23. The van der Waals surface area contributed by atoms with Gasteiger partial charge in [0.05, 0.1) is 13.3 Å². The average molecular weight is 421 g/mol. The molecular formula is C17H14BrFN4O3. The standard InChI is InChI=1S/C17H14BrFN4O3/c1-26-15(24)10-20-16(25)12-9-21-23(17(12)22-6-2-3-7-22)14-5-4-11(18)8-13(14)19/h2-9H,10H2,1H3,(H,20,25). The number of esters is 1. The fraction of sp³-hybridized carbons (Fsp3) is 0.118. The van der Waals surface area contributed by atoms with Crippen LogP contribution in [0.3, 0.4) is 0 Å². The number of hydrogen-bond donors (Lipinski definition) is 1. The highest BCUT2D eigenvalue weighted by Crippen LogP contribution is 2.24. The van der Waals surface area contributed by atoms with Crippen molar-refractivity contribution in [3.05, 3.63) is 64.8 Å². The van der Waals surface area contributed by atoms with Gasteiger partial charge in [0.25, 0.3) is 5.91 Å². The zero-order valence-electron chi connectivity index (χ0n) is 13.6. The maximum atomic E-state index is 14.4. The lowest BCUT2D eigenvalue weighted by Crippen LogP contribution is -2.30. The topological polar surface area (TPSA) is 78.2 Å². The van der Waals surface area contributed by atoms with E-state index in [1.165, 1.54) is 24.1 Å². The van der Waals surface area contributed by atoms with E-state index in [-0.39, 0.29) is 17.8 Å². The van der Waals surface area contributed by atoms with Crippen molar-refractivity contribution in [2.45, 2.75) is 0 Å². The first-order valence-electron chi connectivity index (χ1n) is 7.53. The van der Waals surface area contributed by atoms with Crippen molar-refractivity contribution < 1.29 is 18.7 Å². The lowest BCUT2D eigenvalue weighted by Gasteiger charge is -2.12. The lowest BCUT2D eigenvalue weighted by molar-refractivity contribution is -0.139. The molecule has 9 heteroatoms. The van der Waals surface area contributed by atoms with Crippen molar-refractivity contribution in [2.24, 2.45) is 0 Å². The molecule has 0 atom stereocenters. The molecule has 0 saturated carbocycles. The third-order valence-electron chi connectivity index (χ3n) is 3.60. The van der Waals surface area contributed by atoms with E-state index in [1.54, 1.807) is 41.2 Å². The van der Waals surface area contributed by atoms with Crippen molar-refractivity contribution in [1.82, 2.24) is 19.7 Å². The summed E-state index contributed by atoms with van der Waals surface area (Å²) in [5.74, 6) is -1.26. The predicted octanol–water partition coefficient (Wildman–Crippen LogP) is 2.47. The van der Waals surface area contributed by atoms with Gasteiger partial charge in [-0.3, -0.25) is 9.59 Å². The number of carbonyl (C=O) groups excluding carboxylic acids is 2. The molecule has 1 amide bonds. The Morgan fingerprint density at radius 3 is 2.69 bits per heavy atom. The SMILES string of the molecule is COC(=O)CNC(=O)c1cnn(-c2ccc(Br)cc2F)c1-n1cccc1. The number of carbonyl (C=O) groups is 2. The van der Waals surface area contributed by atoms with Gasteiger partial charge in [-0.25, -0.2) is 9.07 Å². The Bertz CT molecular complexity index is 953. The third-order valence-corrected chi connectivity index (χ3v) is 4.09. The number of amides is 1. The number of benzene rings is 1. The van der Waals surface area contributed by atoms with Crippen LogP contribution in [-0.4, -0.2) is 39.9 Å². The van der Waals surface area contributed by atoms with Crippen LogP contribution >= 0.6 is 15.9 Å². The minimum absolute atomic E-state index is 0.184. The minimum Gasteiger partial charge on any atom is -0.468 e. The van der Waals surface area contributed by atoms with Gasteiger partial charge in [0.2, 0.25) is 0 Å². The number of halogens is 2. The Labute approximate surface area is 156 Å². The summed E-state index contributed by atoms with van der Waals surface area (Å²) in [4.78, 5) is 23.7. The van der Waals surface area contributed by atoms with Gasteiger partial charge in [0.15, 0.2) is 5.82 Å². The number of ether oxygens (including phenoxy) is 1. The summed E-state index contributed by atoms with van der Waals surface area (Å²) in [5.41, 5.74) is 0.372. The number of aromatic nitrogens is 3. The van der Waals surface area contributed by atoms with Gasteiger partial charge in [0, 0.05) is 16.9 Å². The van der Waals surface area contributed by atoms with Crippen molar-refractivity contribution in [3.8, 4) is 11.5 Å². The van der Waals surface area contributed by atoms with Crippen molar-refractivity contribution in [3.63, 3.8) is 0 Å². The van der Waals surface area contributed by atoms with E-state index < -0.39 is 17.7 Å². The molecule has 3 aromatic rings. The molecule has 2 aromatic heterocycles. The van der Waals surface area contributed by atoms with Gasteiger partial charge in [0.1, 0.15) is 23.6 Å². The van der Waals surface area contributed by atoms with Crippen LogP contribution in [0.25, 0.3) is 11.5 Å². The fourth-order valence-corrected chi connectivity index (χ4v) is 2.71. The maximum absolute atomic E-state index is 14.4. The Balaban J connectivity index is 2.05. The largest absolute Gasteiger partial charge is 0.468 e. The van der Waals surface area contributed by atoms with E-state index in [1.807, 2.05) is 0 Å². The van der Waals surface area contributed by atoms with Crippen LogP contribution in [0.5, 0.6) is 0 Å². The Hall–Kier alpha value is -2.94. The van der Waals surface area contributed by atoms with E-state index in [4.69, 9.17) is 0 Å². The molecule has 26 heavy (non-hydrogen) atoms. The van der Waals surface area contributed by atoms with Crippen LogP contribution in [0.2, 0.25) is 0 Å². The van der Waals surface area contributed by atoms with Gasteiger partial charge in [-0.1, -0.05) is 15.9 Å². The molecule has 0 aliphatic rings. The highest BCUT2D eigenvalue weighted by atomic mass is 79.9. The Kier molecular flexibility index (Phi) is 5.17. The zero-order chi connectivity index (χ0) is 18.7. The molecule has 0 fully saturated rings. The van der Waals surface area contributed by atoms with E-state index >= 15 is 0 Å². The number of nitrogens with zero attached hydrogens (tertiary/aromatic N) is 3. The molecule has 134 valence electrons. The van der Waals surface area contributed by atoms with E-state index in [9.17, 15) is 14.0 Å². The molecule has 3 rings (SSSR count). The molecule has 0 aliphatic heterocycles. The minimum atomic E-state index is -0.577. The molecule has 1 N–H and O–H groups in total. The first-order chi connectivity index (χ1) is 12.5. The monoisotopic (exact) mass is 420 g/mol. The molecule has 0 spiro atoms. The number of hydrogen-bond acceptors (Lipinski definition) is 4. The van der Waals surface area contributed by atoms with Crippen LogP contribution in [0.1, 0.15) is 10.4 Å². The second-order valence-corrected chi connectivity index (χ2v) is 6.15. The molecule has 7 nitrogen and oxygen atoms in total. The van der Waals surface area contributed by atoms with Gasteiger partial charge >= 0.3 is 5.97 Å². The van der Waals surface area contributed by atoms with Crippen molar-refractivity contribution >= 4 is 27.8 Å².